The van der Waals surface area contributed by atoms with Crippen molar-refractivity contribution in [3.05, 3.63) is 23.8 Å². The lowest BCUT2D eigenvalue weighted by atomic mass is 9.93. The number of hydrogen-bond acceptors (Lipinski definition) is 5. The molecule has 1 unspecified atom stereocenters. The van der Waals surface area contributed by atoms with Crippen LogP contribution in [0, 0.1) is 0 Å². The largest absolute Gasteiger partial charge is 0.481 e. The lowest BCUT2D eigenvalue weighted by Crippen LogP contribution is -2.35. The molecular formula is C8H7N3O3. The maximum absolute atomic E-state index is 10.5. The van der Waals surface area contributed by atoms with Crippen molar-refractivity contribution in [3.8, 4) is 0 Å². The molecule has 0 aromatic carbocycles. The van der Waals surface area contributed by atoms with Gasteiger partial charge in [0.2, 0.25) is 5.72 Å². The van der Waals surface area contributed by atoms with Crippen molar-refractivity contribution >= 4 is 11.7 Å². The zero-order valence-electron chi connectivity index (χ0n) is 7.08. The molecule has 2 rings (SSSR count). The highest BCUT2D eigenvalue weighted by Crippen LogP contribution is 2.28. The van der Waals surface area contributed by atoms with Crippen LogP contribution in [0.2, 0.25) is 0 Å². The molecule has 1 atom stereocenters. The summed E-state index contributed by atoms with van der Waals surface area (Å²) in [5.41, 5.74) is -0.936. The number of carbonyl (C=O) groups is 1. The predicted molar refractivity (Wildman–Crippen MR) is 46.7 cm³/mol. The van der Waals surface area contributed by atoms with E-state index in [4.69, 9.17) is 5.11 Å². The first-order valence-corrected chi connectivity index (χ1v) is 3.95. The lowest BCUT2D eigenvalue weighted by Gasteiger charge is -2.19. The molecule has 2 aliphatic rings. The van der Waals surface area contributed by atoms with Crippen molar-refractivity contribution in [2.45, 2.75) is 12.1 Å². The second-order valence-corrected chi connectivity index (χ2v) is 2.99. The minimum atomic E-state index is -1.56. The van der Waals surface area contributed by atoms with E-state index in [1.165, 1.54) is 6.08 Å². The van der Waals surface area contributed by atoms with Crippen LogP contribution in [-0.4, -0.2) is 27.6 Å². The summed E-state index contributed by atoms with van der Waals surface area (Å²) < 4.78 is 0. The summed E-state index contributed by atoms with van der Waals surface area (Å²) in [5.74, 6) is -0.983. The van der Waals surface area contributed by atoms with Gasteiger partial charge in [-0.05, 0) is 16.9 Å². The van der Waals surface area contributed by atoms with Gasteiger partial charge < -0.3 is 10.2 Å². The van der Waals surface area contributed by atoms with Crippen LogP contribution in [-0.2, 0) is 4.79 Å². The topological polar surface area (TPSA) is 94.6 Å². The molecule has 2 N–H and O–H groups in total. The van der Waals surface area contributed by atoms with Gasteiger partial charge >= 0.3 is 5.97 Å². The van der Waals surface area contributed by atoms with Crippen LogP contribution >= 0.6 is 0 Å². The van der Waals surface area contributed by atoms with E-state index in [1.807, 2.05) is 0 Å². The third-order valence-corrected chi connectivity index (χ3v) is 1.96. The zero-order chi connectivity index (χ0) is 10.2. The Kier molecular flexibility index (Phi) is 1.78. The van der Waals surface area contributed by atoms with Crippen LogP contribution in [0.1, 0.15) is 6.42 Å². The SMILES string of the molecule is O=C(O)CC1=CC=CC2(O)N=NN=C12. The van der Waals surface area contributed by atoms with Crippen LogP contribution in [0.25, 0.3) is 0 Å². The molecule has 14 heavy (non-hydrogen) atoms. The quantitative estimate of drug-likeness (QED) is 0.667. The Bertz CT molecular complexity index is 408. The molecule has 0 aromatic rings. The summed E-state index contributed by atoms with van der Waals surface area (Å²) in [6, 6.07) is 0. The second-order valence-electron chi connectivity index (χ2n) is 2.99. The molecule has 0 bridgehead atoms. The number of aliphatic hydroxyl groups is 1. The van der Waals surface area contributed by atoms with E-state index in [9.17, 15) is 9.90 Å². The summed E-state index contributed by atoms with van der Waals surface area (Å²) >= 11 is 0. The number of hydrogen-bond donors (Lipinski definition) is 2. The van der Waals surface area contributed by atoms with Crippen molar-refractivity contribution in [2.24, 2.45) is 15.4 Å². The first kappa shape index (κ1) is 8.76. The number of aliphatic carboxylic acids is 1. The van der Waals surface area contributed by atoms with Gasteiger partial charge in [0.15, 0.2) is 0 Å². The highest BCUT2D eigenvalue weighted by Gasteiger charge is 2.38. The first-order valence-electron chi connectivity index (χ1n) is 3.95. The molecule has 6 heteroatoms. The molecule has 0 fully saturated rings. The maximum Gasteiger partial charge on any atom is 0.307 e. The summed E-state index contributed by atoms with van der Waals surface area (Å²) in [5, 5.41) is 28.8. The van der Waals surface area contributed by atoms with Gasteiger partial charge in [-0.2, -0.15) is 0 Å². The van der Waals surface area contributed by atoms with Crippen LogP contribution in [0.4, 0.5) is 0 Å². The number of carboxylic acids is 1. The smallest absolute Gasteiger partial charge is 0.307 e. The van der Waals surface area contributed by atoms with Crippen LogP contribution in [0.15, 0.2) is 39.2 Å². The molecule has 1 aliphatic carbocycles. The van der Waals surface area contributed by atoms with Gasteiger partial charge in [0, 0.05) is 0 Å². The maximum atomic E-state index is 10.5. The molecular weight excluding hydrogens is 186 g/mol. The van der Waals surface area contributed by atoms with Crippen molar-refractivity contribution in [1.29, 1.82) is 0 Å². The molecule has 0 spiro atoms. The number of fused-ring (bicyclic) bond motifs is 1. The normalized spacial score (nSPS) is 28.4. The monoisotopic (exact) mass is 193 g/mol. The summed E-state index contributed by atoms with van der Waals surface area (Å²) in [4.78, 5) is 10.5. The fourth-order valence-corrected chi connectivity index (χ4v) is 1.35. The third-order valence-electron chi connectivity index (χ3n) is 1.96. The van der Waals surface area contributed by atoms with Gasteiger partial charge in [0.1, 0.15) is 5.71 Å². The number of allylic oxidation sites excluding steroid dienone is 2. The minimum Gasteiger partial charge on any atom is -0.481 e. The third kappa shape index (κ3) is 1.25. The van der Waals surface area contributed by atoms with Crippen molar-refractivity contribution < 1.29 is 15.0 Å². The van der Waals surface area contributed by atoms with Crippen molar-refractivity contribution in [1.82, 2.24) is 0 Å². The van der Waals surface area contributed by atoms with Crippen LogP contribution in [0.5, 0.6) is 0 Å². The Morgan fingerprint density at radius 1 is 1.57 bits per heavy atom. The van der Waals surface area contributed by atoms with Gasteiger partial charge in [0.25, 0.3) is 0 Å². The van der Waals surface area contributed by atoms with Crippen LogP contribution in [0.3, 0.4) is 0 Å². The average molecular weight is 193 g/mol. The van der Waals surface area contributed by atoms with E-state index in [2.05, 4.69) is 15.4 Å². The molecule has 0 amide bonds. The van der Waals surface area contributed by atoms with E-state index < -0.39 is 11.7 Å². The molecule has 72 valence electrons. The van der Waals surface area contributed by atoms with Crippen molar-refractivity contribution in [3.63, 3.8) is 0 Å². The lowest BCUT2D eigenvalue weighted by molar-refractivity contribution is -0.136. The van der Waals surface area contributed by atoms with Gasteiger partial charge in [-0.1, -0.05) is 12.2 Å². The Morgan fingerprint density at radius 3 is 3.07 bits per heavy atom. The Morgan fingerprint density at radius 2 is 2.36 bits per heavy atom. The zero-order valence-corrected chi connectivity index (χ0v) is 7.08. The van der Waals surface area contributed by atoms with E-state index in [0.29, 0.717) is 5.57 Å². The summed E-state index contributed by atoms with van der Waals surface area (Å²) in [6.07, 6.45) is 4.34. The average Bonchev–Trinajstić information content (AvgIpc) is 2.46. The predicted octanol–water partition coefficient (Wildman–Crippen LogP) is 0.468. The van der Waals surface area contributed by atoms with E-state index >= 15 is 0 Å². The van der Waals surface area contributed by atoms with Gasteiger partial charge in [-0.25, -0.2) is 0 Å². The van der Waals surface area contributed by atoms with Gasteiger partial charge in [-0.15, -0.1) is 10.2 Å². The van der Waals surface area contributed by atoms with E-state index in [0.717, 1.165) is 0 Å². The minimum absolute atomic E-state index is 0.197. The van der Waals surface area contributed by atoms with E-state index in [1.54, 1.807) is 12.2 Å². The fourth-order valence-electron chi connectivity index (χ4n) is 1.35. The highest BCUT2D eigenvalue weighted by atomic mass is 16.4. The molecule has 6 nitrogen and oxygen atoms in total. The molecule has 0 saturated heterocycles. The summed E-state index contributed by atoms with van der Waals surface area (Å²) in [6.45, 7) is 0. The molecule has 0 radical (unpaired) electrons. The van der Waals surface area contributed by atoms with E-state index in [-0.39, 0.29) is 12.1 Å². The molecule has 1 heterocycles. The summed E-state index contributed by atoms with van der Waals surface area (Å²) in [7, 11) is 0. The molecule has 1 aliphatic heterocycles. The fraction of sp³-hybridized carbons (Fsp3) is 0.250. The highest BCUT2D eigenvalue weighted by molar-refractivity contribution is 6.10. The standard InChI is InChI=1S/C8H7N3O3/c12-6(13)4-5-2-1-3-8(14)7(5)9-11-10-8/h1-3,14H,4H2,(H,12,13). The van der Waals surface area contributed by atoms with Crippen LogP contribution < -0.4 is 0 Å². The Balaban J connectivity index is 2.33. The second kappa shape index (κ2) is 2.85. The van der Waals surface area contributed by atoms with Crippen molar-refractivity contribution in [2.75, 3.05) is 0 Å². The van der Waals surface area contributed by atoms with Gasteiger partial charge in [-0.3, -0.25) is 4.79 Å². The Labute approximate surface area is 79.0 Å². The molecule has 0 saturated carbocycles. The van der Waals surface area contributed by atoms with Gasteiger partial charge in [0.05, 0.1) is 6.42 Å². The Hall–Kier alpha value is -1.82. The number of nitrogens with zero attached hydrogens (tertiary/aromatic N) is 3. The number of carboxylic acid groups (broad SMARTS) is 1. The number of rotatable bonds is 2. The molecule has 0 aromatic heterocycles. The first-order chi connectivity index (χ1) is 6.62.